The molecule has 7 heteroatoms. The van der Waals surface area contributed by atoms with E-state index in [9.17, 15) is 13.6 Å². The first-order valence-corrected chi connectivity index (χ1v) is 9.58. The molecule has 0 saturated carbocycles. The Labute approximate surface area is 169 Å². The number of thiazole rings is 1. The molecule has 0 aliphatic heterocycles. The number of aryl methyl sites for hydroxylation is 1. The zero-order valence-electron chi connectivity index (χ0n) is 15.3. The van der Waals surface area contributed by atoms with E-state index in [1.807, 2.05) is 25.1 Å². The van der Waals surface area contributed by atoms with Gasteiger partial charge in [0.1, 0.15) is 11.6 Å². The number of benzene rings is 3. The van der Waals surface area contributed by atoms with Crippen molar-refractivity contribution >= 4 is 38.8 Å². The predicted molar refractivity (Wildman–Crippen MR) is 112 cm³/mol. The maximum atomic E-state index is 13.6. The van der Waals surface area contributed by atoms with E-state index in [2.05, 4.69) is 10.1 Å². The van der Waals surface area contributed by atoms with Crippen molar-refractivity contribution in [3.05, 3.63) is 95.1 Å². The highest BCUT2D eigenvalue weighted by atomic mass is 32.1. The lowest BCUT2D eigenvalue weighted by molar-refractivity contribution is 0.0987. The minimum Gasteiger partial charge on any atom is -0.267 e. The third kappa shape index (κ3) is 4.20. The second-order valence-electron chi connectivity index (χ2n) is 6.39. The molecule has 0 bridgehead atoms. The number of hydrogen-bond acceptors (Lipinski definition) is 4. The van der Waals surface area contributed by atoms with Gasteiger partial charge in [0.05, 0.1) is 16.4 Å². The topological polar surface area (TPSA) is 45.6 Å². The quantitative estimate of drug-likeness (QED) is 0.328. The molecule has 0 unspecified atom stereocenters. The molecule has 1 aromatic heterocycles. The Morgan fingerprint density at radius 3 is 2.59 bits per heavy atom. The summed E-state index contributed by atoms with van der Waals surface area (Å²) in [5.74, 6) is -1.40. The van der Waals surface area contributed by atoms with Crippen molar-refractivity contribution in [3.63, 3.8) is 0 Å². The number of aromatic nitrogens is 1. The molecule has 144 valence electrons. The van der Waals surface area contributed by atoms with Crippen molar-refractivity contribution in [2.75, 3.05) is 5.01 Å². The Hall–Kier alpha value is -3.45. The van der Waals surface area contributed by atoms with Gasteiger partial charge in [-0.15, -0.1) is 0 Å². The molecule has 0 saturated heterocycles. The average molecular weight is 407 g/mol. The smallest absolute Gasteiger partial charge is 0.267 e. The second kappa shape index (κ2) is 7.89. The number of amides is 1. The highest BCUT2D eigenvalue weighted by molar-refractivity contribution is 7.22. The van der Waals surface area contributed by atoms with E-state index in [-0.39, 0.29) is 11.4 Å². The van der Waals surface area contributed by atoms with E-state index < -0.39 is 11.7 Å². The van der Waals surface area contributed by atoms with Crippen LogP contribution in [0.2, 0.25) is 0 Å². The number of hydrogen-bond donors (Lipinski definition) is 0. The van der Waals surface area contributed by atoms with Crippen LogP contribution in [0.15, 0.2) is 71.8 Å². The molecule has 0 radical (unpaired) electrons. The molecule has 1 heterocycles. The van der Waals surface area contributed by atoms with E-state index in [1.54, 1.807) is 12.1 Å². The fourth-order valence-electron chi connectivity index (χ4n) is 2.72. The predicted octanol–water partition coefficient (Wildman–Crippen LogP) is 5.56. The van der Waals surface area contributed by atoms with E-state index in [1.165, 1.54) is 47.9 Å². The van der Waals surface area contributed by atoms with Crippen molar-refractivity contribution < 1.29 is 13.6 Å². The van der Waals surface area contributed by atoms with Crippen LogP contribution in [0.5, 0.6) is 0 Å². The van der Waals surface area contributed by atoms with Crippen LogP contribution in [-0.2, 0) is 0 Å². The molecule has 0 N–H and O–H groups in total. The molecule has 0 aliphatic rings. The van der Waals surface area contributed by atoms with Gasteiger partial charge in [-0.2, -0.15) is 10.1 Å². The van der Waals surface area contributed by atoms with Crippen molar-refractivity contribution in [1.29, 1.82) is 0 Å². The molecule has 4 aromatic rings. The molecule has 0 fully saturated rings. The highest BCUT2D eigenvalue weighted by Crippen LogP contribution is 2.30. The Morgan fingerprint density at radius 2 is 1.83 bits per heavy atom. The number of anilines is 1. The highest BCUT2D eigenvalue weighted by Gasteiger charge is 2.21. The SMILES string of the molecule is Cc1ccc2nc(N(/N=C/c3ccc(F)cc3)C(=O)c3cccc(F)c3)sc2c1. The van der Waals surface area contributed by atoms with Crippen LogP contribution in [0.25, 0.3) is 10.2 Å². The summed E-state index contributed by atoms with van der Waals surface area (Å²) in [6.07, 6.45) is 1.44. The first-order valence-electron chi connectivity index (χ1n) is 8.76. The summed E-state index contributed by atoms with van der Waals surface area (Å²) in [6, 6.07) is 16.9. The lowest BCUT2D eigenvalue weighted by Gasteiger charge is -2.13. The summed E-state index contributed by atoms with van der Waals surface area (Å²) in [5.41, 5.74) is 2.58. The van der Waals surface area contributed by atoms with E-state index in [0.717, 1.165) is 26.9 Å². The van der Waals surface area contributed by atoms with Crippen LogP contribution in [-0.4, -0.2) is 17.1 Å². The summed E-state index contributed by atoms with van der Waals surface area (Å²) in [5, 5.41) is 5.78. The van der Waals surface area contributed by atoms with Crippen LogP contribution >= 0.6 is 11.3 Å². The van der Waals surface area contributed by atoms with Gasteiger partial charge in [0, 0.05) is 5.56 Å². The average Bonchev–Trinajstić information content (AvgIpc) is 3.12. The molecule has 0 atom stereocenters. The number of fused-ring (bicyclic) bond motifs is 1. The Balaban J connectivity index is 1.76. The fourth-order valence-corrected chi connectivity index (χ4v) is 3.74. The minimum absolute atomic E-state index is 0.150. The number of halogens is 2. The minimum atomic E-state index is -0.516. The van der Waals surface area contributed by atoms with E-state index in [0.29, 0.717) is 10.7 Å². The number of carbonyl (C=O) groups excluding carboxylic acids is 1. The molecule has 0 aliphatic carbocycles. The standard InChI is InChI=1S/C22H15F2N3OS/c1-14-5-10-19-20(11-14)29-22(26-19)27(21(28)16-3-2-4-18(24)12-16)25-13-15-6-8-17(23)9-7-15/h2-13H,1H3/b25-13+. The van der Waals surface area contributed by atoms with Crippen molar-refractivity contribution in [3.8, 4) is 0 Å². The number of nitrogens with zero attached hydrogens (tertiary/aromatic N) is 3. The second-order valence-corrected chi connectivity index (χ2v) is 7.40. The van der Waals surface area contributed by atoms with Gasteiger partial charge in [-0.1, -0.05) is 35.6 Å². The first kappa shape index (κ1) is 18.9. The zero-order chi connectivity index (χ0) is 20.4. The molecule has 3 aromatic carbocycles. The van der Waals surface area contributed by atoms with Crippen LogP contribution in [0, 0.1) is 18.6 Å². The van der Waals surface area contributed by atoms with E-state index in [4.69, 9.17) is 0 Å². The summed E-state index contributed by atoms with van der Waals surface area (Å²) in [7, 11) is 0. The Kier molecular flexibility index (Phi) is 5.14. The van der Waals surface area contributed by atoms with Gasteiger partial charge in [-0.25, -0.2) is 13.8 Å². The third-order valence-corrected chi connectivity index (χ3v) is 5.16. The Bertz CT molecular complexity index is 1220. The van der Waals surface area contributed by atoms with E-state index >= 15 is 0 Å². The fraction of sp³-hybridized carbons (Fsp3) is 0.0455. The van der Waals surface area contributed by atoms with Gasteiger partial charge >= 0.3 is 0 Å². The first-order chi connectivity index (χ1) is 14.0. The molecule has 29 heavy (non-hydrogen) atoms. The molecule has 4 nitrogen and oxygen atoms in total. The number of carbonyl (C=O) groups is 1. The van der Waals surface area contributed by atoms with Crippen LogP contribution in [0.3, 0.4) is 0 Å². The largest absolute Gasteiger partial charge is 0.280 e. The Morgan fingerprint density at radius 1 is 1.03 bits per heavy atom. The van der Waals surface area contributed by atoms with Crippen molar-refractivity contribution in [1.82, 2.24) is 4.98 Å². The monoisotopic (exact) mass is 407 g/mol. The van der Waals surface area contributed by atoms with Crippen LogP contribution in [0.4, 0.5) is 13.9 Å². The summed E-state index contributed by atoms with van der Waals surface area (Å²) < 4.78 is 27.7. The normalized spacial score (nSPS) is 11.3. The zero-order valence-corrected chi connectivity index (χ0v) is 16.2. The molecular weight excluding hydrogens is 392 g/mol. The lowest BCUT2D eigenvalue weighted by atomic mass is 10.2. The van der Waals surface area contributed by atoms with Gasteiger partial charge in [-0.3, -0.25) is 4.79 Å². The van der Waals surface area contributed by atoms with Gasteiger partial charge in [0.15, 0.2) is 0 Å². The van der Waals surface area contributed by atoms with Gasteiger partial charge in [-0.05, 0) is 60.5 Å². The van der Waals surface area contributed by atoms with Crippen LogP contribution < -0.4 is 5.01 Å². The molecule has 0 spiro atoms. The molecular formula is C22H15F2N3OS. The summed E-state index contributed by atoms with van der Waals surface area (Å²) in [6.45, 7) is 1.97. The molecule has 4 rings (SSSR count). The van der Waals surface area contributed by atoms with Gasteiger partial charge in [0.25, 0.3) is 5.91 Å². The molecule has 1 amide bonds. The number of hydrazone groups is 1. The van der Waals surface area contributed by atoms with Crippen molar-refractivity contribution in [2.24, 2.45) is 5.10 Å². The van der Waals surface area contributed by atoms with Gasteiger partial charge in [0.2, 0.25) is 5.13 Å². The summed E-state index contributed by atoms with van der Waals surface area (Å²) in [4.78, 5) is 17.6. The van der Waals surface area contributed by atoms with Crippen molar-refractivity contribution in [2.45, 2.75) is 6.92 Å². The third-order valence-electron chi connectivity index (χ3n) is 4.17. The van der Waals surface area contributed by atoms with Gasteiger partial charge < -0.3 is 0 Å². The maximum Gasteiger partial charge on any atom is 0.280 e. The summed E-state index contributed by atoms with van der Waals surface area (Å²) >= 11 is 1.31. The number of rotatable bonds is 4. The maximum absolute atomic E-state index is 13.6. The van der Waals surface area contributed by atoms with Crippen LogP contribution in [0.1, 0.15) is 21.5 Å². The lowest BCUT2D eigenvalue weighted by Crippen LogP contribution is -2.25.